The van der Waals surface area contributed by atoms with Gasteiger partial charge in [0.1, 0.15) is 0 Å². The Labute approximate surface area is 122 Å². The first-order valence-corrected chi connectivity index (χ1v) is 9.09. The molecule has 3 heterocycles. The van der Waals surface area contributed by atoms with Crippen molar-refractivity contribution < 1.29 is 8.42 Å². The Morgan fingerprint density at radius 1 is 1.30 bits per heavy atom. The van der Waals surface area contributed by atoms with Crippen LogP contribution in [0.2, 0.25) is 0 Å². The minimum absolute atomic E-state index is 0.00566. The Kier molecular flexibility index (Phi) is 3.69. The van der Waals surface area contributed by atoms with Crippen molar-refractivity contribution in [2.45, 2.75) is 42.6 Å². The molecular formula is C11H19N5O2S2. The SMILES string of the molecule is CC1CN2CCCCC2CN1S(=O)(=O)c1nnc(N)s1. The summed E-state index contributed by atoms with van der Waals surface area (Å²) in [5, 5.41) is 7.50. The monoisotopic (exact) mass is 317 g/mol. The molecule has 0 saturated carbocycles. The lowest BCUT2D eigenvalue weighted by Gasteiger charge is -2.46. The number of nitrogens with zero attached hydrogens (tertiary/aromatic N) is 4. The molecule has 112 valence electrons. The molecule has 0 aliphatic carbocycles. The van der Waals surface area contributed by atoms with Gasteiger partial charge in [-0.05, 0) is 26.3 Å². The smallest absolute Gasteiger partial charge is 0.272 e. The van der Waals surface area contributed by atoms with Crippen LogP contribution in [-0.4, -0.2) is 59.5 Å². The number of rotatable bonds is 2. The van der Waals surface area contributed by atoms with Gasteiger partial charge in [0, 0.05) is 25.2 Å². The van der Waals surface area contributed by atoms with Crippen LogP contribution in [0.1, 0.15) is 26.2 Å². The number of fused-ring (bicyclic) bond motifs is 1. The zero-order valence-corrected chi connectivity index (χ0v) is 13.0. The minimum Gasteiger partial charge on any atom is -0.374 e. The first-order valence-electron chi connectivity index (χ1n) is 6.83. The molecule has 2 fully saturated rings. The van der Waals surface area contributed by atoms with Crippen LogP contribution in [-0.2, 0) is 10.0 Å². The maximum Gasteiger partial charge on any atom is 0.272 e. The molecule has 0 bridgehead atoms. The van der Waals surface area contributed by atoms with Crippen LogP contribution in [0, 0.1) is 0 Å². The standard InChI is InChI=1S/C11H19N5O2S2/c1-8-6-15-5-3-2-4-9(15)7-16(8)20(17,18)11-14-13-10(12)19-11/h8-9H,2-7H2,1H3,(H2,12,13). The third kappa shape index (κ3) is 2.43. The van der Waals surface area contributed by atoms with Crippen molar-refractivity contribution >= 4 is 26.5 Å². The third-order valence-corrected chi connectivity index (χ3v) is 7.16. The number of nitrogen functional groups attached to an aromatic ring is 1. The van der Waals surface area contributed by atoms with E-state index in [1.807, 2.05) is 6.92 Å². The summed E-state index contributed by atoms with van der Waals surface area (Å²) in [7, 11) is -3.57. The Morgan fingerprint density at radius 3 is 2.80 bits per heavy atom. The molecule has 2 N–H and O–H groups in total. The summed E-state index contributed by atoms with van der Waals surface area (Å²) in [4.78, 5) is 2.41. The van der Waals surface area contributed by atoms with E-state index in [0.717, 1.165) is 30.8 Å². The van der Waals surface area contributed by atoms with Gasteiger partial charge in [-0.3, -0.25) is 4.90 Å². The van der Waals surface area contributed by atoms with Crippen LogP contribution in [0.15, 0.2) is 4.34 Å². The van der Waals surface area contributed by atoms with E-state index in [1.54, 1.807) is 4.31 Å². The maximum atomic E-state index is 12.6. The van der Waals surface area contributed by atoms with Crippen molar-refractivity contribution in [3.63, 3.8) is 0 Å². The number of sulfonamides is 1. The molecule has 2 aliphatic rings. The molecule has 2 atom stereocenters. The van der Waals surface area contributed by atoms with Crippen LogP contribution in [0.5, 0.6) is 0 Å². The third-order valence-electron chi connectivity index (χ3n) is 4.08. The second-order valence-electron chi connectivity index (χ2n) is 5.47. The quantitative estimate of drug-likeness (QED) is 0.847. The van der Waals surface area contributed by atoms with Crippen molar-refractivity contribution in [3.05, 3.63) is 0 Å². The molecule has 1 aromatic rings. The van der Waals surface area contributed by atoms with Gasteiger partial charge in [0.2, 0.25) is 9.47 Å². The lowest BCUT2D eigenvalue weighted by Crippen LogP contribution is -2.59. The van der Waals surface area contributed by atoms with Gasteiger partial charge in [-0.1, -0.05) is 17.8 Å². The van der Waals surface area contributed by atoms with Crippen LogP contribution < -0.4 is 5.73 Å². The molecule has 0 spiro atoms. The van der Waals surface area contributed by atoms with Crippen LogP contribution in [0.25, 0.3) is 0 Å². The van der Waals surface area contributed by atoms with Gasteiger partial charge in [-0.25, -0.2) is 8.42 Å². The number of nitrogens with two attached hydrogens (primary N) is 1. The normalized spacial score (nSPS) is 29.2. The van der Waals surface area contributed by atoms with Gasteiger partial charge >= 0.3 is 0 Å². The van der Waals surface area contributed by atoms with Crippen molar-refractivity contribution in [3.8, 4) is 0 Å². The van der Waals surface area contributed by atoms with Crippen molar-refractivity contribution in [2.24, 2.45) is 0 Å². The summed E-state index contributed by atoms with van der Waals surface area (Å²) in [5.74, 6) is 0. The summed E-state index contributed by atoms with van der Waals surface area (Å²) in [6.45, 7) is 4.36. The molecule has 2 unspecified atom stereocenters. The van der Waals surface area contributed by atoms with Gasteiger partial charge in [0.05, 0.1) is 0 Å². The molecule has 20 heavy (non-hydrogen) atoms. The number of hydrogen-bond donors (Lipinski definition) is 1. The Balaban J connectivity index is 1.85. The maximum absolute atomic E-state index is 12.6. The molecule has 0 aromatic carbocycles. The number of piperazine rings is 1. The average molecular weight is 317 g/mol. The molecule has 3 rings (SSSR count). The summed E-state index contributed by atoms with van der Waals surface area (Å²) >= 11 is 0.932. The zero-order chi connectivity index (χ0) is 14.3. The Hall–Kier alpha value is -0.770. The molecule has 0 amide bonds. The highest BCUT2D eigenvalue weighted by Crippen LogP contribution is 2.29. The highest BCUT2D eigenvalue weighted by molar-refractivity contribution is 7.91. The predicted molar refractivity (Wildman–Crippen MR) is 76.9 cm³/mol. The van der Waals surface area contributed by atoms with E-state index in [0.29, 0.717) is 12.6 Å². The summed E-state index contributed by atoms with van der Waals surface area (Å²) < 4.78 is 26.9. The van der Waals surface area contributed by atoms with Crippen molar-refractivity contribution in [1.82, 2.24) is 19.4 Å². The fourth-order valence-electron chi connectivity index (χ4n) is 3.09. The first kappa shape index (κ1) is 14.2. The molecule has 9 heteroatoms. The topological polar surface area (TPSA) is 92.4 Å². The van der Waals surface area contributed by atoms with Gasteiger partial charge in [0.15, 0.2) is 0 Å². The lowest BCUT2D eigenvalue weighted by atomic mass is 9.99. The zero-order valence-electron chi connectivity index (χ0n) is 11.4. The van der Waals surface area contributed by atoms with Crippen LogP contribution in [0.3, 0.4) is 0 Å². The predicted octanol–water partition coefficient (Wildman–Crippen LogP) is 0.368. The van der Waals surface area contributed by atoms with E-state index in [4.69, 9.17) is 5.73 Å². The number of hydrogen-bond acceptors (Lipinski definition) is 7. The fourth-order valence-corrected chi connectivity index (χ4v) is 5.65. The summed E-state index contributed by atoms with van der Waals surface area (Å²) in [6.07, 6.45) is 3.45. The van der Waals surface area contributed by atoms with E-state index >= 15 is 0 Å². The molecule has 0 radical (unpaired) electrons. The molecule has 1 aromatic heterocycles. The van der Waals surface area contributed by atoms with Crippen LogP contribution >= 0.6 is 11.3 Å². The second kappa shape index (κ2) is 5.21. The fraction of sp³-hybridized carbons (Fsp3) is 0.818. The highest BCUT2D eigenvalue weighted by Gasteiger charge is 2.40. The summed E-state index contributed by atoms with van der Waals surface area (Å²) in [6, 6.07) is 0.291. The van der Waals surface area contributed by atoms with E-state index < -0.39 is 10.0 Å². The number of aromatic nitrogens is 2. The number of anilines is 1. The molecule has 2 aliphatic heterocycles. The molecular weight excluding hydrogens is 298 g/mol. The average Bonchev–Trinajstić information content (AvgIpc) is 2.85. The largest absolute Gasteiger partial charge is 0.374 e. The Morgan fingerprint density at radius 2 is 2.10 bits per heavy atom. The van der Waals surface area contributed by atoms with Gasteiger partial charge in [0.25, 0.3) is 10.0 Å². The summed E-state index contributed by atoms with van der Waals surface area (Å²) in [5.41, 5.74) is 5.50. The van der Waals surface area contributed by atoms with Crippen molar-refractivity contribution in [1.29, 1.82) is 0 Å². The van der Waals surface area contributed by atoms with Crippen LogP contribution in [0.4, 0.5) is 5.13 Å². The van der Waals surface area contributed by atoms with E-state index in [2.05, 4.69) is 15.1 Å². The lowest BCUT2D eigenvalue weighted by molar-refractivity contribution is 0.0564. The Bertz CT molecular complexity index is 587. The van der Waals surface area contributed by atoms with E-state index in [1.165, 1.54) is 12.8 Å². The van der Waals surface area contributed by atoms with Crippen molar-refractivity contribution in [2.75, 3.05) is 25.4 Å². The highest BCUT2D eigenvalue weighted by atomic mass is 32.2. The number of piperidine rings is 1. The van der Waals surface area contributed by atoms with E-state index in [-0.39, 0.29) is 15.5 Å². The second-order valence-corrected chi connectivity index (χ2v) is 8.55. The molecule has 7 nitrogen and oxygen atoms in total. The van der Waals surface area contributed by atoms with E-state index in [9.17, 15) is 8.42 Å². The minimum atomic E-state index is -3.57. The molecule has 2 saturated heterocycles. The van der Waals surface area contributed by atoms with Gasteiger partial charge in [-0.2, -0.15) is 4.31 Å². The van der Waals surface area contributed by atoms with Gasteiger partial charge in [-0.15, -0.1) is 10.2 Å². The van der Waals surface area contributed by atoms with Gasteiger partial charge < -0.3 is 5.73 Å². The first-order chi connectivity index (χ1) is 9.48.